The minimum atomic E-state index is -0.388. The number of piperazine rings is 1. The van der Waals surface area contributed by atoms with E-state index in [0.29, 0.717) is 45.0 Å². The first-order valence-electron chi connectivity index (χ1n) is 16.3. The molecule has 4 aromatic carbocycles. The molecule has 1 amide bonds. The molecule has 0 aliphatic carbocycles. The van der Waals surface area contributed by atoms with Crippen molar-refractivity contribution in [1.82, 2.24) is 9.80 Å². The Morgan fingerprint density at radius 1 is 0.840 bits per heavy atom. The molecule has 1 aliphatic rings. The normalized spacial score (nSPS) is 13.7. The van der Waals surface area contributed by atoms with Gasteiger partial charge in [0.25, 0.3) is 0 Å². The Morgan fingerprint density at radius 2 is 1.58 bits per heavy atom. The zero-order valence-corrected chi connectivity index (χ0v) is 29.2. The number of methoxy groups -OCH3 is 1. The molecule has 0 unspecified atom stereocenters. The van der Waals surface area contributed by atoms with Crippen molar-refractivity contribution >= 4 is 52.4 Å². The van der Waals surface area contributed by atoms with Crippen LogP contribution in [0, 0.1) is 5.82 Å². The third-order valence-electron chi connectivity index (χ3n) is 8.32. The molecule has 0 radical (unpaired) electrons. The molecule has 0 atom stereocenters. The first-order valence-corrected chi connectivity index (χ1v) is 17.1. The van der Waals surface area contributed by atoms with Gasteiger partial charge in [0.1, 0.15) is 5.82 Å². The van der Waals surface area contributed by atoms with Gasteiger partial charge in [0.2, 0.25) is 5.91 Å². The minimum Gasteiger partial charge on any atom is -0.493 e. The number of hydrogen-bond donors (Lipinski definition) is 1. The monoisotopic (exact) mass is 717 g/mol. The second kappa shape index (κ2) is 17.9. The van der Waals surface area contributed by atoms with Gasteiger partial charge in [-0.3, -0.25) is 19.3 Å². The van der Waals surface area contributed by atoms with Crippen LogP contribution in [0.4, 0.5) is 10.1 Å². The van der Waals surface area contributed by atoms with E-state index in [2.05, 4.69) is 15.1 Å². The Hall–Kier alpha value is -4.54. The number of benzene rings is 4. The van der Waals surface area contributed by atoms with Gasteiger partial charge in [-0.15, -0.1) is 0 Å². The van der Waals surface area contributed by atoms with E-state index in [9.17, 15) is 18.8 Å². The van der Waals surface area contributed by atoms with Crippen LogP contribution in [0.5, 0.6) is 11.5 Å². The average molecular weight is 719 g/mol. The van der Waals surface area contributed by atoms with Crippen molar-refractivity contribution in [2.24, 2.45) is 0 Å². The molecule has 1 N–H and O–H groups in total. The lowest BCUT2D eigenvalue weighted by Crippen LogP contribution is -2.48. The third-order valence-corrected chi connectivity index (χ3v) is 8.89. The van der Waals surface area contributed by atoms with E-state index in [-0.39, 0.29) is 35.4 Å². The lowest BCUT2D eigenvalue weighted by molar-refractivity contribution is -0.117. The summed E-state index contributed by atoms with van der Waals surface area (Å²) in [6.45, 7) is 4.86. The van der Waals surface area contributed by atoms with Crippen molar-refractivity contribution in [3.8, 4) is 11.5 Å². The molecule has 5 rings (SSSR count). The van der Waals surface area contributed by atoms with Crippen molar-refractivity contribution in [2.75, 3.05) is 58.3 Å². The van der Waals surface area contributed by atoms with Crippen molar-refractivity contribution in [3.63, 3.8) is 0 Å². The second-order valence-corrected chi connectivity index (χ2v) is 12.7. The highest BCUT2D eigenvalue weighted by Gasteiger charge is 2.21. The molecule has 0 aromatic heterocycles. The zero-order chi connectivity index (χ0) is 35.5. The van der Waals surface area contributed by atoms with Gasteiger partial charge in [0, 0.05) is 47.9 Å². The number of nitrogens with zero attached hydrogens (tertiary/aromatic N) is 2. The zero-order valence-electron chi connectivity index (χ0n) is 27.7. The van der Waals surface area contributed by atoms with Gasteiger partial charge in [0.15, 0.2) is 23.1 Å². The van der Waals surface area contributed by atoms with E-state index >= 15 is 0 Å². The third kappa shape index (κ3) is 10.2. The number of rotatable bonds is 15. The number of ketones is 2. The maximum Gasteiger partial charge on any atom is 0.238 e. The second-order valence-electron chi connectivity index (χ2n) is 11.8. The van der Waals surface area contributed by atoms with Crippen LogP contribution in [-0.4, -0.2) is 80.3 Å². The highest BCUT2D eigenvalue weighted by molar-refractivity contribution is 6.36. The van der Waals surface area contributed by atoms with Gasteiger partial charge < -0.3 is 19.7 Å². The molecule has 1 fully saturated rings. The summed E-state index contributed by atoms with van der Waals surface area (Å²) in [5.41, 5.74) is 2.21. The topological polar surface area (TPSA) is 88.2 Å². The maximum absolute atomic E-state index is 13.2. The van der Waals surface area contributed by atoms with Crippen LogP contribution in [0.15, 0.2) is 91.0 Å². The number of allylic oxidation sites excluding steroid dienone is 1. The van der Waals surface area contributed by atoms with Crippen molar-refractivity contribution in [1.29, 1.82) is 0 Å². The number of unbranched alkanes of at least 4 members (excludes halogenated alkanes) is 1. The number of nitrogens with one attached hydrogen (secondary N) is 1. The molecule has 50 heavy (non-hydrogen) atoms. The summed E-state index contributed by atoms with van der Waals surface area (Å²) in [7, 11) is 1.57. The predicted octanol–water partition coefficient (Wildman–Crippen LogP) is 7.68. The van der Waals surface area contributed by atoms with Crippen LogP contribution >= 0.6 is 23.2 Å². The fourth-order valence-electron chi connectivity index (χ4n) is 5.58. The van der Waals surface area contributed by atoms with Gasteiger partial charge in [-0.25, -0.2) is 4.39 Å². The van der Waals surface area contributed by atoms with Gasteiger partial charge in [0.05, 0.1) is 31.0 Å². The van der Waals surface area contributed by atoms with Gasteiger partial charge in [-0.05, 0) is 97.8 Å². The molecular formula is C39H38Cl2FN3O5. The SMILES string of the molecule is COc1cc(C=CC(=O)c2ccc(F)cc2)ccc1OCCCCN1CCN(CC(=O)Nc2ccc(Cl)cc2C(=O)c2ccccc2Cl)CC1. The van der Waals surface area contributed by atoms with Crippen LogP contribution < -0.4 is 14.8 Å². The molecule has 0 bridgehead atoms. The van der Waals surface area contributed by atoms with E-state index < -0.39 is 0 Å². The van der Waals surface area contributed by atoms with E-state index in [1.807, 2.05) is 12.1 Å². The molecule has 1 saturated heterocycles. The molecule has 4 aromatic rings. The van der Waals surface area contributed by atoms with E-state index in [0.717, 1.165) is 51.1 Å². The van der Waals surface area contributed by atoms with E-state index in [4.69, 9.17) is 32.7 Å². The summed E-state index contributed by atoms with van der Waals surface area (Å²) in [6.07, 6.45) is 4.94. The molecule has 0 saturated carbocycles. The highest BCUT2D eigenvalue weighted by Crippen LogP contribution is 2.29. The number of hydrogen-bond acceptors (Lipinski definition) is 7. The minimum absolute atomic E-state index is 0.205. The Morgan fingerprint density at radius 3 is 2.32 bits per heavy atom. The fraction of sp³-hybridized carbons (Fsp3) is 0.256. The Kier molecular flexibility index (Phi) is 13.2. The fourth-order valence-corrected chi connectivity index (χ4v) is 5.97. The van der Waals surface area contributed by atoms with Crippen LogP contribution in [0.2, 0.25) is 10.0 Å². The van der Waals surface area contributed by atoms with Gasteiger partial charge in [-0.1, -0.05) is 47.5 Å². The van der Waals surface area contributed by atoms with Gasteiger partial charge in [-0.2, -0.15) is 0 Å². The molecule has 0 spiro atoms. The number of halogens is 3. The summed E-state index contributed by atoms with van der Waals surface area (Å²) in [5.74, 6) is 0.0715. The first-order chi connectivity index (χ1) is 24.2. The summed E-state index contributed by atoms with van der Waals surface area (Å²) in [5, 5.41) is 3.61. The Balaban J connectivity index is 1.02. The smallest absolute Gasteiger partial charge is 0.238 e. The maximum atomic E-state index is 13.2. The standard InChI is InChI=1S/C39H38Cl2FN3O5/c1-49-37-24-27(8-16-35(46)28-10-13-30(42)14-11-28)9-17-36(37)50-23-5-4-18-44-19-21-45(22-20-44)26-38(47)43-34-15-12-29(40)25-32(34)39(48)31-6-2-3-7-33(31)41/h2-3,6-17,24-25H,4-5,18-23,26H2,1H3,(H,43,47). The van der Waals surface area contributed by atoms with Crippen molar-refractivity contribution in [3.05, 3.63) is 129 Å². The summed E-state index contributed by atoms with van der Waals surface area (Å²) in [4.78, 5) is 43.1. The summed E-state index contributed by atoms with van der Waals surface area (Å²) < 4.78 is 24.6. The van der Waals surface area contributed by atoms with E-state index in [1.54, 1.807) is 61.7 Å². The van der Waals surface area contributed by atoms with Crippen LogP contribution in [-0.2, 0) is 4.79 Å². The number of carbonyl (C=O) groups excluding carboxylic acids is 3. The lowest BCUT2D eigenvalue weighted by atomic mass is 10.0. The molecule has 1 heterocycles. The van der Waals surface area contributed by atoms with Crippen LogP contribution in [0.1, 0.15) is 44.7 Å². The largest absolute Gasteiger partial charge is 0.493 e. The predicted molar refractivity (Wildman–Crippen MR) is 195 cm³/mol. The quantitative estimate of drug-likeness (QED) is 0.0767. The molecular weight excluding hydrogens is 680 g/mol. The van der Waals surface area contributed by atoms with Crippen molar-refractivity contribution < 1.29 is 28.2 Å². The first kappa shape index (κ1) is 36.7. The lowest BCUT2D eigenvalue weighted by Gasteiger charge is -2.34. The average Bonchev–Trinajstić information content (AvgIpc) is 3.12. The Bertz CT molecular complexity index is 1840. The van der Waals surface area contributed by atoms with E-state index in [1.165, 1.54) is 30.3 Å². The number of ether oxygens (including phenoxy) is 2. The highest BCUT2D eigenvalue weighted by atomic mass is 35.5. The van der Waals surface area contributed by atoms with Gasteiger partial charge >= 0.3 is 0 Å². The molecule has 1 aliphatic heterocycles. The molecule has 11 heteroatoms. The van der Waals surface area contributed by atoms with Crippen molar-refractivity contribution in [2.45, 2.75) is 12.8 Å². The number of anilines is 1. The molecule has 260 valence electrons. The van der Waals surface area contributed by atoms with Crippen LogP contribution in [0.3, 0.4) is 0 Å². The summed E-state index contributed by atoms with van der Waals surface area (Å²) in [6, 6.07) is 22.5. The summed E-state index contributed by atoms with van der Waals surface area (Å²) >= 11 is 12.4. The number of carbonyl (C=O) groups is 3. The van der Waals surface area contributed by atoms with Crippen LogP contribution in [0.25, 0.3) is 6.08 Å². The molecule has 8 nitrogen and oxygen atoms in total. The Labute approximate surface area is 301 Å². The number of amides is 1.